The van der Waals surface area contributed by atoms with Crippen LogP contribution in [0, 0.1) is 5.92 Å². The van der Waals surface area contributed by atoms with E-state index in [0.717, 1.165) is 0 Å². The van der Waals surface area contributed by atoms with Crippen LogP contribution in [-0.2, 0) is 10.0 Å². The van der Waals surface area contributed by atoms with Crippen molar-refractivity contribution in [3.05, 3.63) is 12.5 Å². The van der Waals surface area contributed by atoms with Crippen LogP contribution in [-0.4, -0.2) is 55.6 Å². The Morgan fingerprint density at radius 1 is 1.50 bits per heavy atom. The zero-order valence-corrected chi connectivity index (χ0v) is 11.3. The van der Waals surface area contributed by atoms with E-state index >= 15 is 0 Å². The molecule has 0 aromatic carbocycles. The molecule has 1 saturated heterocycles. The van der Waals surface area contributed by atoms with Gasteiger partial charge in [-0.05, 0) is 18.9 Å². The maximum Gasteiger partial charge on any atom is 0.401 e. The van der Waals surface area contributed by atoms with Gasteiger partial charge in [0.05, 0.1) is 19.1 Å². The Morgan fingerprint density at radius 3 is 2.85 bits per heavy atom. The van der Waals surface area contributed by atoms with Crippen LogP contribution in [0.15, 0.2) is 17.6 Å². The first kappa shape index (κ1) is 15.3. The molecule has 1 aromatic heterocycles. The summed E-state index contributed by atoms with van der Waals surface area (Å²) in [5.74, 6) is -0.116. The third-order valence-electron chi connectivity index (χ3n) is 3.10. The molecule has 0 saturated carbocycles. The quantitative estimate of drug-likeness (QED) is 0.833. The van der Waals surface area contributed by atoms with Gasteiger partial charge in [0, 0.05) is 13.1 Å². The van der Waals surface area contributed by atoms with E-state index in [-0.39, 0.29) is 24.0 Å². The molecular formula is C10H15F3N4O2S. The van der Waals surface area contributed by atoms with Crippen molar-refractivity contribution < 1.29 is 21.6 Å². The van der Waals surface area contributed by atoms with Crippen LogP contribution in [0.3, 0.4) is 0 Å². The number of nitrogens with zero attached hydrogens (tertiary/aromatic N) is 2. The van der Waals surface area contributed by atoms with Crippen LogP contribution < -0.4 is 4.72 Å². The summed E-state index contributed by atoms with van der Waals surface area (Å²) in [6, 6.07) is 0. The number of sulfonamides is 1. The zero-order chi connectivity index (χ0) is 14.8. The molecule has 1 unspecified atom stereocenters. The molecule has 2 heterocycles. The molecule has 1 aromatic rings. The summed E-state index contributed by atoms with van der Waals surface area (Å²) in [6.45, 7) is -0.256. The van der Waals surface area contributed by atoms with Gasteiger partial charge in [-0.3, -0.25) is 4.90 Å². The fraction of sp³-hybridized carbons (Fsp3) is 0.700. The number of nitrogens with one attached hydrogen (secondary N) is 2. The maximum atomic E-state index is 12.2. The Morgan fingerprint density at radius 2 is 2.25 bits per heavy atom. The predicted octanol–water partition coefficient (Wildman–Crippen LogP) is 0.572. The monoisotopic (exact) mass is 312 g/mol. The van der Waals surface area contributed by atoms with E-state index in [9.17, 15) is 21.6 Å². The second kappa shape index (κ2) is 5.70. The number of rotatable bonds is 5. The van der Waals surface area contributed by atoms with Crippen LogP contribution in [0.25, 0.3) is 0 Å². The van der Waals surface area contributed by atoms with Crippen molar-refractivity contribution in [3.63, 3.8) is 0 Å². The SMILES string of the molecule is O=S(=O)(NCC1CCN(CC(F)(F)F)C1)c1cnc[nH]1. The number of H-pyrrole nitrogens is 1. The van der Waals surface area contributed by atoms with E-state index in [1.807, 2.05) is 0 Å². The fourth-order valence-electron chi connectivity index (χ4n) is 2.17. The van der Waals surface area contributed by atoms with E-state index in [4.69, 9.17) is 0 Å². The van der Waals surface area contributed by atoms with Crippen molar-refractivity contribution in [1.82, 2.24) is 19.6 Å². The Bertz CT molecular complexity index is 529. The van der Waals surface area contributed by atoms with Crippen molar-refractivity contribution in [2.45, 2.75) is 17.6 Å². The summed E-state index contributed by atoms with van der Waals surface area (Å²) < 4.78 is 62.6. The van der Waals surface area contributed by atoms with Gasteiger partial charge in [-0.15, -0.1) is 0 Å². The highest BCUT2D eigenvalue weighted by Gasteiger charge is 2.34. The molecular weight excluding hydrogens is 297 g/mol. The van der Waals surface area contributed by atoms with E-state index in [1.54, 1.807) is 0 Å². The second-order valence-electron chi connectivity index (χ2n) is 4.77. The zero-order valence-electron chi connectivity index (χ0n) is 10.5. The molecule has 0 bridgehead atoms. The van der Waals surface area contributed by atoms with E-state index in [2.05, 4.69) is 14.7 Å². The van der Waals surface area contributed by atoms with Gasteiger partial charge in [0.2, 0.25) is 0 Å². The normalized spacial score (nSPS) is 21.4. The Kier molecular flexibility index (Phi) is 4.35. The minimum absolute atomic E-state index is 0.0531. The van der Waals surface area contributed by atoms with Crippen LogP contribution in [0.4, 0.5) is 13.2 Å². The Hall–Kier alpha value is -1.13. The summed E-state index contributed by atoms with van der Waals surface area (Å²) in [7, 11) is -3.67. The molecule has 0 amide bonds. The first-order valence-corrected chi connectivity index (χ1v) is 7.52. The molecule has 20 heavy (non-hydrogen) atoms. The number of likely N-dealkylation sites (tertiary alicyclic amines) is 1. The number of hydrogen-bond acceptors (Lipinski definition) is 4. The topological polar surface area (TPSA) is 78.1 Å². The summed E-state index contributed by atoms with van der Waals surface area (Å²) in [4.78, 5) is 7.37. The highest BCUT2D eigenvalue weighted by atomic mass is 32.2. The number of aromatic nitrogens is 2. The molecule has 0 spiro atoms. The number of halogens is 3. The lowest BCUT2D eigenvalue weighted by molar-refractivity contribution is -0.143. The molecule has 6 nitrogen and oxygen atoms in total. The Balaban J connectivity index is 1.82. The van der Waals surface area contributed by atoms with Crippen molar-refractivity contribution >= 4 is 10.0 Å². The van der Waals surface area contributed by atoms with Gasteiger partial charge in [-0.25, -0.2) is 18.1 Å². The van der Waals surface area contributed by atoms with Crippen LogP contribution >= 0.6 is 0 Å². The van der Waals surface area contributed by atoms with Crippen molar-refractivity contribution in [3.8, 4) is 0 Å². The van der Waals surface area contributed by atoms with Crippen molar-refractivity contribution in [1.29, 1.82) is 0 Å². The van der Waals surface area contributed by atoms with Crippen LogP contribution in [0.1, 0.15) is 6.42 Å². The summed E-state index contributed by atoms with van der Waals surface area (Å²) in [5, 5.41) is -0.0531. The molecule has 1 fully saturated rings. The molecule has 1 aliphatic rings. The lowest BCUT2D eigenvalue weighted by Crippen LogP contribution is -2.34. The van der Waals surface area contributed by atoms with Gasteiger partial charge < -0.3 is 4.98 Å². The van der Waals surface area contributed by atoms with Crippen molar-refractivity contribution in [2.24, 2.45) is 5.92 Å². The number of imidazole rings is 1. The van der Waals surface area contributed by atoms with Gasteiger partial charge >= 0.3 is 6.18 Å². The molecule has 10 heteroatoms. The van der Waals surface area contributed by atoms with E-state index in [0.29, 0.717) is 13.0 Å². The lowest BCUT2D eigenvalue weighted by Gasteiger charge is -2.17. The Labute approximate surface area is 114 Å². The fourth-order valence-corrected chi connectivity index (χ4v) is 3.19. The highest BCUT2D eigenvalue weighted by Crippen LogP contribution is 2.22. The predicted molar refractivity (Wildman–Crippen MR) is 64.4 cm³/mol. The highest BCUT2D eigenvalue weighted by molar-refractivity contribution is 7.89. The van der Waals surface area contributed by atoms with E-state index in [1.165, 1.54) is 17.4 Å². The van der Waals surface area contributed by atoms with Crippen LogP contribution in [0.2, 0.25) is 0 Å². The maximum absolute atomic E-state index is 12.2. The minimum Gasteiger partial charge on any atom is -0.335 e. The smallest absolute Gasteiger partial charge is 0.335 e. The molecule has 0 radical (unpaired) electrons. The summed E-state index contributed by atoms with van der Waals surface area (Å²) in [5.41, 5.74) is 0. The largest absolute Gasteiger partial charge is 0.401 e. The third-order valence-corrected chi connectivity index (χ3v) is 4.45. The third kappa shape index (κ3) is 4.18. The number of aromatic amines is 1. The average Bonchev–Trinajstić information content (AvgIpc) is 2.94. The number of alkyl halides is 3. The summed E-state index contributed by atoms with van der Waals surface area (Å²) in [6.07, 6.45) is -1.26. The standard InChI is InChI=1S/C10H15F3N4O2S/c11-10(12,13)6-17-2-1-8(5-17)3-16-20(18,19)9-4-14-7-15-9/h4,7-8,16H,1-3,5-6H2,(H,14,15). The molecule has 2 N–H and O–H groups in total. The van der Waals surface area contributed by atoms with Crippen molar-refractivity contribution in [2.75, 3.05) is 26.2 Å². The average molecular weight is 312 g/mol. The first-order valence-electron chi connectivity index (χ1n) is 6.03. The van der Waals surface area contributed by atoms with Crippen LogP contribution in [0.5, 0.6) is 0 Å². The molecule has 1 aliphatic heterocycles. The second-order valence-corrected chi connectivity index (χ2v) is 6.51. The molecule has 114 valence electrons. The van der Waals surface area contributed by atoms with Gasteiger partial charge in [0.1, 0.15) is 0 Å². The number of hydrogen-bond donors (Lipinski definition) is 2. The summed E-state index contributed by atoms with van der Waals surface area (Å²) >= 11 is 0. The van der Waals surface area contributed by atoms with E-state index < -0.39 is 22.7 Å². The van der Waals surface area contributed by atoms with Gasteiger partial charge in [0.15, 0.2) is 5.03 Å². The first-order chi connectivity index (χ1) is 9.26. The van der Waals surface area contributed by atoms with Gasteiger partial charge in [-0.1, -0.05) is 0 Å². The lowest BCUT2D eigenvalue weighted by atomic mass is 10.1. The van der Waals surface area contributed by atoms with Gasteiger partial charge in [-0.2, -0.15) is 13.2 Å². The molecule has 0 aliphatic carbocycles. The molecule has 1 atom stereocenters. The van der Waals surface area contributed by atoms with Gasteiger partial charge in [0.25, 0.3) is 10.0 Å². The molecule has 2 rings (SSSR count). The minimum atomic E-state index is -4.22.